The van der Waals surface area contributed by atoms with E-state index in [0.29, 0.717) is 12.6 Å². The molecule has 3 rings (SSSR count). The minimum atomic E-state index is 0.0598. The zero-order valence-corrected chi connectivity index (χ0v) is 15.2. The van der Waals surface area contributed by atoms with Crippen molar-refractivity contribution in [3.63, 3.8) is 0 Å². The number of benzene rings is 1. The number of rotatable bonds is 5. The maximum atomic E-state index is 12.3. The van der Waals surface area contributed by atoms with Crippen LogP contribution in [0.1, 0.15) is 58.5 Å². The number of thiophene rings is 1. The number of carbonyl (C=O) groups excluding carboxylic acids is 1. The topological polar surface area (TPSA) is 38.3 Å². The summed E-state index contributed by atoms with van der Waals surface area (Å²) in [4.78, 5) is 13.1. The molecule has 0 saturated heterocycles. The fraction of sp³-hybridized carbons (Fsp3) is 0.450. The Balaban J connectivity index is 1.55. The SMILES string of the molecule is Cc1cc(C)cc(OCc2csc(C(=O)NC3CCCCC3)c2)c1. The van der Waals surface area contributed by atoms with Gasteiger partial charge < -0.3 is 10.1 Å². The van der Waals surface area contributed by atoms with Crippen molar-refractivity contribution in [2.24, 2.45) is 0 Å². The molecule has 24 heavy (non-hydrogen) atoms. The van der Waals surface area contributed by atoms with Gasteiger partial charge in [-0.05, 0) is 61.4 Å². The lowest BCUT2D eigenvalue weighted by molar-refractivity contribution is 0.0932. The molecule has 1 N–H and O–H groups in total. The van der Waals surface area contributed by atoms with Crippen LogP contribution in [0.5, 0.6) is 5.75 Å². The van der Waals surface area contributed by atoms with E-state index in [2.05, 4.69) is 25.2 Å². The maximum Gasteiger partial charge on any atom is 0.261 e. The third kappa shape index (κ3) is 4.60. The van der Waals surface area contributed by atoms with Crippen molar-refractivity contribution in [3.05, 3.63) is 51.2 Å². The molecule has 1 fully saturated rings. The van der Waals surface area contributed by atoms with E-state index in [1.54, 1.807) is 0 Å². The van der Waals surface area contributed by atoms with E-state index in [1.165, 1.54) is 41.7 Å². The monoisotopic (exact) mass is 343 g/mol. The minimum absolute atomic E-state index is 0.0598. The van der Waals surface area contributed by atoms with Gasteiger partial charge in [0.15, 0.2) is 0 Å². The Hall–Kier alpha value is -1.81. The number of aryl methyl sites for hydroxylation is 2. The molecule has 1 aliphatic rings. The van der Waals surface area contributed by atoms with E-state index >= 15 is 0 Å². The highest BCUT2D eigenvalue weighted by atomic mass is 32.1. The summed E-state index contributed by atoms with van der Waals surface area (Å²) in [6.45, 7) is 4.63. The van der Waals surface area contributed by atoms with Gasteiger partial charge in [0, 0.05) is 11.6 Å². The summed E-state index contributed by atoms with van der Waals surface area (Å²) < 4.78 is 5.87. The van der Waals surface area contributed by atoms with Crippen LogP contribution in [-0.2, 0) is 6.61 Å². The molecule has 1 aromatic heterocycles. The summed E-state index contributed by atoms with van der Waals surface area (Å²) in [7, 11) is 0. The number of carbonyl (C=O) groups is 1. The van der Waals surface area contributed by atoms with Gasteiger partial charge >= 0.3 is 0 Å². The molecule has 0 aliphatic heterocycles. The van der Waals surface area contributed by atoms with E-state index < -0.39 is 0 Å². The number of hydrogen-bond donors (Lipinski definition) is 1. The van der Waals surface area contributed by atoms with Gasteiger partial charge in [-0.25, -0.2) is 0 Å². The lowest BCUT2D eigenvalue weighted by atomic mass is 9.95. The lowest BCUT2D eigenvalue weighted by Gasteiger charge is -2.22. The van der Waals surface area contributed by atoms with Crippen LogP contribution in [0, 0.1) is 13.8 Å². The minimum Gasteiger partial charge on any atom is -0.489 e. The summed E-state index contributed by atoms with van der Waals surface area (Å²) in [6.07, 6.45) is 5.97. The molecule has 0 atom stereocenters. The molecule has 1 saturated carbocycles. The quantitative estimate of drug-likeness (QED) is 0.829. The molecule has 0 bridgehead atoms. The number of hydrogen-bond acceptors (Lipinski definition) is 3. The molecule has 4 heteroatoms. The summed E-state index contributed by atoms with van der Waals surface area (Å²) in [5.41, 5.74) is 3.44. The highest BCUT2D eigenvalue weighted by Crippen LogP contribution is 2.22. The predicted molar refractivity (Wildman–Crippen MR) is 98.9 cm³/mol. The molecule has 1 heterocycles. The Morgan fingerprint density at radius 2 is 1.83 bits per heavy atom. The Bertz CT molecular complexity index is 681. The Morgan fingerprint density at radius 3 is 2.54 bits per heavy atom. The molecule has 1 amide bonds. The van der Waals surface area contributed by atoms with Gasteiger partial charge in [-0.3, -0.25) is 4.79 Å². The number of ether oxygens (including phenoxy) is 1. The van der Waals surface area contributed by atoms with Crippen LogP contribution < -0.4 is 10.1 Å². The maximum absolute atomic E-state index is 12.3. The average molecular weight is 343 g/mol. The van der Waals surface area contributed by atoms with Crippen LogP contribution in [0.2, 0.25) is 0 Å². The Morgan fingerprint density at radius 1 is 1.12 bits per heavy atom. The molecule has 1 aromatic carbocycles. The molecule has 0 unspecified atom stereocenters. The Labute approximate surface area is 148 Å². The van der Waals surface area contributed by atoms with Crippen molar-refractivity contribution in [2.75, 3.05) is 0 Å². The van der Waals surface area contributed by atoms with Crippen LogP contribution in [0.4, 0.5) is 0 Å². The average Bonchev–Trinajstić information content (AvgIpc) is 3.02. The molecule has 1 aliphatic carbocycles. The van der Waals surface area contributed by atoms with Gasteiger partial charge in [-0.1, -0.05) is 25.3 Å². The van der Waals surface area contributed by atoms with Crippen LogP contribution in [0.3, 0.4) is 0 Å². The van der Waals surface area contributed by atoms with Gasteiger partial charge in [0.05, 0.1) is 4.88 Å². The van der Waals surface area contributed by atoms with Crippen molar-refractivity contribution >= 4 is 17.2 Å². The normalized spacial score (nSPS) is 15.2. The van der Waals surface area contributed by atoms with Crippen LogP contribution in [0.25, 0.3) is 0 Å². The number of nitrogens with one attached hydrogen (secondary N) is 1. The first-order chi connectivity index (χ1) is 11.6. The second kappa shape index (κ2) is 7.84. The summed E-state index contributed by atoms with van der Waals surface area (Å²) in [5.74, 6) is 0.941. The van der Waals surface area contributed by atoms with E-state index in [0.717, 1.165) is 29.0 Å². The molecular formula is C20H25NO2S. The van der Waals surface area contributed by atoms with Gasteiger partial charge in [-0.2, -0.15) is 0 Å². The fourth-order valence-electron chi connectivity index (χ4n) is 3.26. The second-order valence-corrected chi connectivity index (χ2v) is 7.65. The van der Waals surface area contributed by atoms with E-state index in [1.807, 2.05) is 23.6 Å². The number of amides is 1. The van der Waals surface area contributed by atoms with E-state index in [-0.39, 0.29) is 5.91 Å². The molecule has 3 nitrogen and oxygen atoms in total. The van der Waals surface area contributed by atoms with Crippen LogP contribution >= 0.6 is 11.3 Å². The van der Waals surface area contributed by atoms with Crippen LogP contribution in [-0.4, -0.2) is 11.9 Å². The Kier molecular flexibility index (Phi) is 5.56. The molecule has 128 valence electrons. The van der Waals surface area contributed by atoms with Crippen molar-refractivity contribution in [1.82, 2.24) is 5.32 Å². The lowest BCUT2D eigenvalue weighted by Crippen LogP contribution is -2.35. The highest BCUT2D eigenvalue weighted by molar-refractivity contribution is 7.12. The van der Waals surface area contributed by atoms with Crippen molar-refractivity contribution in [3.8, 4) is 5.75 Å². The third-order valence-corrected chi connectivity index (χ3v) is 5.40. The van der Waals surface area contributed by atoms with Gasteiger partial charge in [0.2, 0.25) is 0 Å². The third-order valence-electron chi connectivity index (χ3n) is 4.42. The first-order valence-corrected chi connectivity index (χ1v) is 9.57. The zero-order valence-electron chi connectivity index (χ0n) is 14.4. The molecule has 0 radical (unpaired) electrons. The van der Waals surface area contributed by atoms with Gasteiger partial charge in [0.25, 0.3) is 5.91 Å². The first-order valence-electron chi connectivity index (χ1n) is 8.69. The highest BCUT2D eigenvalue weighted by Gasteiger charge is 2.17. The standard InChI is InChI=1S/C20H25NO2S/c1-14-8-15(2)10-18(9-14)23-12-16-11-19(24-13-16)20(22)21-17-6-4-3-5-7-17/h8-11,13,17H,3-7,12H2,1-2H3,(H,21,22). The van der Waals surface area contributed by atoms with Crippen molar-refractivity contribution < 1.29 is 9.53 Å². The predicted octanol–water partition coefficient (Wildman–Crippen LogP) is 5.01. The van der Waals surface area contributed by atoms with Gasteiger partial charge in [-0.15, -0.1) is 11.3 Å². The zero-order chi connectivity index (χ0) is 16.9. The second-order valence-electron chi connectivity index (χ2n) is 6.74. The van der Waals surface area contributed by atoms with Gasteiger partial charge in [0.1, 0.15) is 12.4 Å². The first kappa shape index (κ1) is 17.0. The van der Waals surface area contributed by atoms with Crippen molar-refractivity contribution in [2.45, 2.75) is 58.6 Å². The summed E-state index contributed by atoms with van der Waals surface area (Å²) in [6, 6.07) is 8.51. The van der Waals surface area contributed by atoms with E-state index in [9.17, 15) is 4.79 Å². The summed E-state index contributed by atoms with van der Waals surface area (Å²) in [5, 5.41) is 5.18. The van der Waals surface area contributed by atoms with E-state index in [4.69, 9.17) is 4.74 Å². The largest absolute Gasteiger partial charge is 0.489 e. The molecule has 0 spiro atoms. The molecular weight excluding hydrogens is 318 g/mol. The molecule has 2 aromatic rings. The van der Waals surface area contributed by atoms with Crippen LogP contribution in [0.15, 0.2) is 29.6 Å². The smallest absolute Gasteiger partial charge is 0.261 e. The van der Waals surface area contributed by atoms with Crippen molar-refractivity contribution in [1.29, 1.82) is 0 Å². The summed E-state index contributed by atoms with van der Waals surface area (Å²) >= 11 is 1.50. The fourth-order valence-corrected chi connectivity index (χ4v) is 4.06.